The first kappa shape index (κ1) is 22.3. The van der Waals surface area contributed by atoms with Gasteiger partial charge in [0.2, 0.25) is 11.8 Å². The second kappa shape index (κ2) is 10.5. The van der Waals surface area contributed by atoms with Crippen molar-refractivity contribution in [3.05, 3.63) is 69.7 Å². The smallest absolute Gasteiger partial charge is 0.243 e. The van der Waals surface area contributed by atoms with Crippen LogP contribution < -0.4 is 5.32 Å². The van der Waals surface area contributed by atoms with Crippen molar-refractivity contribution in [2.45, 2.75) is 52.2 Å². The Hall–Kier alpha value is -2.04. The summed E-state index contributed by atoms with van der Waals surface area (Å²) in [4.78, 5) is 27.6. The second-order valence-electron chi connectivity index (χ2n) is 7.01. The Labute approximate surface area is 176 Å². The predicted molar refractivity (Wildman–Crippen MR) is 115 cm³/mol. The van der Waals surface area contributed by atoms with Gasteiger partial charge in [0.15, 0.2) is 0 Å². The molecule has 0 bridgehead atoms. The molecule has 2 aromatic carbocycles. The van der Waals surface area contributed by atoms with E-state index in [4.69, 9.17) is 23.2 Å². The van der Waals surface area contributed by atoms with Crippen molar-refractivity contribution < 1.29 is 9.59 Å². The van der Waals surface area contributed by atoms with E-state index >= 15 is 0 Å². The van der Waals surface area contributed by atoms with Crippen LogP contribution in [-0.2, 0) is 22.6 Å². The maximum absolute atomic E-state index is 13.2. The zero-order valence-electron chi connectivity index (χ0n) is 16.4. The summed E-state index contributed by atoms with van der Waals surface area (Å²) in [6, 6.07) is 14.0. The van der Waals surface area contributed by atoms with Crippen LogP contribution in [0.1, 0.15) is 38.3 Å². The van der Waals surface area contributed by atoms with Crippen molar-refractivity contribution in [2.24, 2.45) is 0 Å². The Kier molecular flexibility index (Phi) is 8.34. The van der Waals surface area contributed by atoms with Crippen LogP contribution in [0.2, 0.25) is 10.0 Å². The lowest BCUT2D eigenvalue weighted by Crippen LogP contribution is -2.50. The van der Waals surface area contributed by atoms with Gasteiger partial charge in [-0.25, -0.2) is 0 Å². The van der Waals surface area contributed by atoms with Crippen LogP contribution in [-0.4, -0.2) is 28.8 Å². The van der Waals surface area contributed by atoms with Crippen molar-refractivity contribution in [3.8, 4) is 0 Å². The lowest BCUT2D eigenvalue weighted by molar-refractivity contribution is -0.141. The van der Waals surface area contributed by atoms with Gasteiger partial charge in [0.05, 0.1) is 6.42 Å². The topological polar surface area (TPSA) is 49.4 Å². The largest absolute Gasteiger partial charge is 0.352 e. The lowest BCUT2D eigenvalue weighted by atomic mass is 10.1. The first-order chi connectivity index (χ1) is 13.3. The van der Waals surface area contributed by atoms with E-state index in [1.54, 1.807) is 23.1 Å². The maximum atomic E-state index is 13.2. The van der Waals surface area contributed by atoms with Crippen molar-refractivity contribution in [1.82, 2.24) is 10.2 Å². The van der Waals surface area contributed by atoms with Crippen LogP contribution in [0.5, 0.6) is 0 Å². The summed E-state index contributed by atoms with van der Waals surface area (Å²) in [6.45, 7) is 5.97. The number of nitrogens with one attached hydrogen (secondary N) is 1. The number of amides is 2. The fourth-order valence-corrected chi connectivity index (χ4v) is 3.44. The van der Waals surface area contributed by atoms with Gasteiger partial charge in [0.1, 0.15) is 6.04 Å². The standard InChI is InChI=1S/C22H26Cl2N2O2/c1-4-20(22(28)25-15(2)3)26(14-17-9-5-6-11-19(17)24)21(27)13-16-8-7-10-18(23)12-16/h5-12,15,20H,4,13-14H2,1-3H3,(H,25,28)/t20-/m0/s1. The van der Waals surface area contributed by atoms with Crippen molar-refractivity contribution in [3.63, 3.8) is 0 Å². The van der Waals surface area contributed by atoms with Gasteiger partial charge in [0.25, 0.3) is 0 Å². The highest BCUT2D eigenvalue weighted by atomic mass is 35.5. The number of hydrogen-bond donors (Lipinski definition) is 1. The minimum Gasteiger partial charge on any atom is -0.352 e. The molecule has 0 aliphatic heterocycles. The molecule has 0 spiro atoms. The molecule has 0 saturated carbocycles. The fraction of sp³-hybridized carbons (Fsp3) is 0.364. The number of benzene rings is 2. The van der Waals surface area contributed by atoms with E-state index in [0.717, 1.165) is 11.1 Å². The molecule has 0 radical (unpaired) electrons. The van der Waals surface area contributed by atoms with Crippen molar-refractivity contribution in [1.29, 1.82) is 0 Å². The van der Waals surface area contributed by atoms with Crippen LogP contribution in [0.25, 0.3) is 0 Å². The molecule has 1 N–H and O–H groups in total. The number of carbonyl (C=O) groups excluding carboxylic acids is 2. The molecule has 0 fully saturated rings. The van der Waals surface area contributed by atoms with E-state index < -0.39 is 6.04 Å². The van der Waals surface area contributed by atoms with E-state index in [0.29, 0.717) is 16.5 Å². The number of carbonyl (C=O) groups is 2. The van der Waals surface area contributed by atoms with Crippen molar-refractivity contribution in [2.75, 3.05) is 0 Å². The highest BCUT2D eigenvalue weighted by molar-refractivity contribution is 6.31. The molecule has 0 heterocycles. The monoisotopic (exact) mass is 420 g/mol. The van der Waals surface area contributed by atoms with Crippen LogP contribution in [0, 0.1) is 0 Å². The van der Waals surface area contributed by atoms with Crippen molar-refractivity contribution >= 4 is 35.0 Å². The van der Waals surface area contributed by atoms with Crippen LogP contribution in [0.3, 0.4) is 0 Å². The molecule has 0 aliphatic carbocycles. The van der Waals surface area contributed by atoms with Crippen LogP contribution in [0.4, 0.5) is 0 Å². The average Bonchev–Trinajstić information content (AvgIpc) is 2.62. The Morgan fingerprint density at radius 3 is 2.39 bits per heavy atom. The molecule has 2 aromatic rings. The lowest BCUT2D eigenvalue weighted by Gasteiger charge is -2.31. The average molecular weight is 421 g/mol. The summed E-state index contributed by atoms with van der Waals surface area (Å²) >= 11 is 12.4. The van der Waals surface area contributed by atoms with Crippen LogP contribution in [0.15, 0.2) is 48.5 Å². The van der Waals surface area contributed by atoms with Gasteiger partial charge in [-0.3, -0.25) is 9.59 Å². The third-order valence-corrected chi connectivity index (χ3v) is 4.96. The first-order valence-electron chi connectivity index (χ1n) is 9.39. The zero-order chi connectivity index (χ0) is 20.7. The molecule has 1 atom stereocenters. The molecular weight excluding hydrogens is 395 g/mol. The second-order valence-corrected chi connectivity index (χ2v) is 7.85. The Morgan fingerprint density at radius 2 is 1.79 bits per heavy atom. The molecular formula is C22H26Cl2N2O2. The Morgan fingerprint density at radius 1 is 1.07 bits per heavy atom. The van der Waals surface area contributed by atoms with E-state index in [1.165, 1.54) is 0 Å². The number of halogens is 2. The summed E-state index contributed by atoms with van der Waals surface area (Å²) in [6.07, 6.45) is 0.667. The summed E-state index contributed by atoms with van der Waals surface area (Å²) < 4.78 is 0. The summed E-state index contributed by atoms with van der Waals surface area (Å²) in [5, 5.41) is 4.06. The Balaban J connectivity index is 2.32. The van der Waals surface area contributed by atoms with E-state index in [1.807, 2.05) is 51.1 Å². The van der Waals surface area contributed by atoms with Gasteiger partial charge in [-0.05, 0) is 49.6 Å². The molecule has 0 aliphatic rings. The van der Waals surface area contributed by atoms with Crippen LogP contribution >= 0.6 is 23.2 Å². The van der Waals surface area contributed by atoms with Gasteiger partial charge in [-0.15, -0.1) is 0 Å². The normalized spacial score (nSPS) is 11.9. The molecule has 0 unspecified atom stereocenters. The quantitative estimate of drug-likeness (QED) is 0.661. The molecule has 28 heavy (non-hydrogen) atoms. The Bertz CT molecular complexity index is 824. The molecule has 150 valence electrons. The molecule has 6 heteroatoms. The highest BCUT2D eigenvalue weighted by Crippen LogP contribution is 2.21. The third-order valence-electron chi connectivity index (χ3n) is 4.36. The predicted octanol–water partition coefficient (Wildman–Crippen LogP) is 4.87. The van der Waals surface area contributed by atoms with E-state index in [9.17, 15) is 9.59 Å². The number of rotatable bonds is 8. The maximum Gasteiger partial charge on any atom is 0.243 e. The molecule has 0 aromatic heterocycles. The van der Waals surface area contributed by atoms with Gasteiger partial charge in [-0.1, -0.05) is 60.5 Å². The third kappa shape index (κ3) is 6.25. The molecule has 2 rings (SSSR count). The SMILES string of the molecule is CC[C@@H](C(=O)NC(C)C)N(Cc1ccccc1Cl)C(=O)Cc1cccc(Cl)c1. The number of hydrogen-bond acceptors (Lipinski definition) is 2. The van der Waals surface area contributed by atoms with Gasteiger partial charge in [-0.2, -0.15) is 0 Å². The van der Waals surface area contributed by atoms with Gasteiger partial charge < -0.3 is 10.2 Å². The van der Waals surface area contributed by atoms with Gasteiger partial charge in [0, 0.05) is 22.6 Å². The number of nitrogens with zero attached hydrogens (tertiary/aromatic N) is 1. The minimum absolute atomic E-state index is 0.00764. The summed E-state index contributed by atoms with van der Waals surface area (Å²) in [5.41, 5.74) is 1.61. The van der Waals surface area contributed by atoms with E-state index in [-0.39, 0.29) is 30.8 Å². The first-order valence-corrected chi connectivity index (χ1v) is 10.1. The fourth-order valence-electron chi connectivity index (χ4n) is 3.03. The summed E-state index contributed by atoms with van der Waals surface area (Å²) in [5.74, 6) is -0.308. The highest BCUT2D eigenvalue weighted by Gasteiger charge is 2.29. The molecule has 2 amide bonds. The molecule has 4 nitrogen and oxygen atoms in total. The summed E-state index contributed by atoms with van der Waals surface area (Å²) in [7, 11) is 0. The minimum atomic E-state index is -0.578. The van der Waals surface area contributed by atoms with E-state index in [2.05, 4.69) is 5.32 Å². The zero-order valence-corrected chi connectivity index (χ0v) is 17.9. The van der Waals surface area contributed by atoms with Gasteiger partial charge >= 0.3 is 0 Å². The molecule has 0 saturated heterocycles.